The third-order valence-electron chi connectivity index (χ3n) is 5.02. The molecule has 3 N–H and O–H groups in total. The molecule has 0 aromatic heterocycles. The number of ether oxygens (including phenoxy) is 1. The Morgan fingerprint density at radius 1 is 1.23 bits per heavy atom. The summed E-state index contributed by atoms with van der Waals surface area (Å²) in [6.07, 6.45) is -0.0587. The molecule has 1 heterocycles. The van der Waals surface area contributed by atoms with Gasteiger partial charge in [-0.2, -0.15) is 4.31 Å². The predicted octanol–water partition coefficient (Wildman–Crippen LogP) is 1.95. The van der Waals surface area contributed by atoms with E-state index in [9.17, 15) is 27.1 Å². The zero-order valence-corrected chi connectivity index (χ0v) is 17.4. The molecule has 2 aromatic rings. The van der Waals surface area contributed by atoms with E-state index < -0.39 is 39.2 Å². The first-order valence-electron chi connectivity index (χ1n) is 9.38. The van der Waals surface area contributed by atoms with Crippen molar-refractivity contribution in [2.24, 2.45) is 0 Å². The molecule has 31 heavy (non-hydrogen) atoms. The lowest BCUT2D eigenvalue weighted by atomic mass is 9.89. The van der Waals surface area contributed by atoms with E-state index in [-0.39, 0.29) is 42.2 Å². The molecule has 11 heteroatoms. The summed E-state index contributed by atoms with van der Waals surface area (Å²) in [6, 6.07) is 7.02. The monoisotopic (exact) mass is 456 g/mol. The summed E-state index contributed by atoms with van der Waals surface area (Å²) in [7, 11) is -4.12. The molecule has 1 saturated heterocycles. The Morgan fingerprint density at radius 2 is 1.84 bits per heavy atom. The Bertz CT molecular complexity index is 1040. The summed E-state index contributed by atoms with van der Waals surface area (Å²) in [5.41, 5.74) is 0.464. The van der Waals surface area contributed by atoms with Crippen LogP contribution in [0, 0.1) is 11.6 Å². The smallest absolute Gasteiger partial charge is 0.261 e. The number of sulfonamides is 1. The molecule has 168 valence electrons. The van der Waals surface area contributed by atoms with Gasteiger partial charge in [0, 0.05) is 19.0 Å². The number of hydrogen-bond acceptors (Lipinski definition) is 6. The molecule has 2 atom stereocenters. The number of benzene rings is 2. The first-order valence-corrected chi connectivity index (χ1v) is 10.8. The number of carbonyl (C=O) groups excluding carboxylic acids is 1. The van der Waals surface area contributed by atoms with Gasteiger partial charge in [0.2, 0.25) is 10.0 Å². The fraction of sp³-hybridized carbons (Fsp3) is 0.350. The molecule has 8 nitrogen and oxygen atoms in total. The lowest BCUT2D eigenvalue weighted by Crippen LogP contribution is -2.57. The van der Waals surface area contributed by atoms with Crippen molar-refractivity contribution in [1.29, 1.82) is 0 Å². The maximum absolute atomic E-state index is 13.3. The molecule has 1 aliphatic heterocycles. The second-order valence-electron chi connectivity index (χ2n) is 7.60. The normalized spacial score (nSPS) is 22.2. The van der Waals surface area contributed by atoms with Gasteiger partial charge in [-0.3, -0.25) is 10.0 Å². The number of halogens is 2. The second kappa shape index (κ2) is 8.87. The Labute approximate surface area is 178 Å². The fourth-order valence-corrected chi connectivity index (χ4v) is 5.00. The molecule has 1 aliphatic rings. The molecule has 2 aromatic carbocycles. The Morgan fingerprint density at radius 3 is 2.42 bits per heavy atom. The van der Waals surface area contributed by atoms with Gasteiger partial charge < -0.3 is 9.84 Å². The molecular weight excluding hydrogens is 434 g/mol. The SMILES string of the molecule is C[C@@]1(O)CCN(S(=O)(=O)c2ccc(OCc3cc(F)cc(F)c3)cc2)[C@@H](C(=O)NO)C1. The number of aliphatic hydroxyl groups is 1. The summed E-state index contributed by atoms with van der Waals surface area (Å²) in [6.45, 7) is 1.25. The van der Waals surface area contributed by atoms with Gasteiger partial charge in [0.15, 0.2) is 0 Å². The number of carbonyl (C=O) groups is 1. The highest BCUT2D eigenvalue weighted by Crippen LogP contribution is 2.31. The minimum Gasteiger partial charge on any atom is -0.489 e. The van der Waals surface area contributed by atoms with Gasteiger partial charge in [0.1, 0.15) is 30.0 Å². The van der Waals surface area contributed by atoms with Gasteiger partial charge in [0.25, 0.3) is 5.91 Å². The predicted molar refractivity (Wildman–Crippen MR) is 105 cm³/mol. The highest BCUT2D eigenvalue weighted by Gasteiger charge is 2.44. The quantitative estimate of drug-likeness (QED) is 0.452. The number of amides is 1. The summed E-state index contributed by atoms with van der Waals surface area (Å²) >= 11 is 0. The maximum atomic E-state index is 13.3. The summed E-state index contributed by atoms with van der Waals surface area (Å²) in [5, 5.41) is 19.2. The first kappa shape index (κ1) is 23.1. The lowest BCUT2D eigenvalue weighted by molar-refractivity contribution is -0.137. The maximum Gasteiger partial charge on any atom is 0.261 e. The summed E-state index contributed by atoms with van der Waals surface area (Å²) in [5.74, 6) is -2.13. The molecule has 0 radical (unpaired) electrons. The Hall–Kier alpha value is -2.60. The number of hydroxylamine groups is 1. The third kappa shape index (κ3) is 5.37. The van der Waals surface area contributed by atoms with Crippen molar-refractivity contribution in [2.75, 3.05) is 6.54 Å². The van der Waals surface area contributed by atoms with E-state index in [1.807, 2.05) is 0 Å². The third-order valence-corrected chi connectivity index (χ3v) is 6.94. The van der Waals surface area contributed by atoms with E-state index in [1.54, 1.807) is 0 Å². The van der Waals surface area contributed by atoms with Crippen LogP contribution in [0.1, 0.15) is 25.3 Å². The van der Waals surface area contributed by atoms with Crippen LogP contribution in [-0.4, -0.2) is 47.1 Å². The Balaban J connectivity index is 1.76. The van der Waals surface area contributed by atoms with Gasteiger partial charge in [-0.15, -0.1) is 0 Å². The van der Waals surface area contributed by atoms with Crippen molar-refractivity contribution < 1.29 is 37.0 Å². The lowest BCUT2D eigenvalue weighted by Gasteiger charge is -2.40. The van der Waals surface area contributed by atoms with Gasteiger partial charge in [-0.1, -0.05) is 0 Å². The number of piperidine rings is 1. The molecule has 1 fully saturated rings. The molecule has 0 unspecified atom stereocenters. The molecule has 0 aliphatic carbocycles. The fourth-order valence-electron chi connectivity index (χ4n) is 3.42. The molecular formula is C20H22F2N2O6S. The average Bonchev–Trinajstić information content (AvgIpc) is 2.70. The van der Waals surface area contributed by atoms with Crippen LogP contribution in [0.5, 0.6) is 5.75 Å². The van der Waals surface area contributed by atoms with Crippen molar-refractivity contribution >= 4 is 15.9 Å². The Kier molecular flexibility index (Phi) is 6.60. The van der Waals surface area contributed by atoms with E-state index in [1.165, 1.54) is 36.7 Å². The minimum atomic E-state index is -4.12. The van der Waals surface area contributed by atoms with Crippen LogP contribution < -0.4 is 10.2 Å². The largest absolute Gasteiger partial charge is 0.489 e. The van der Waals surface area contributed by atoms with Gasteiger partial charge in [-0.05, 0) is 55.3 Å². The van der Waals surface area contributed by atoms with Crippen molar-refractivity contribution in [2.45, 2.75) is 42.9 Å². The van der Waals surface area contributed by atoms with E-state index >= 15 is 0 Å². The molecule has 0 saturated carbocycles. The van der Waals surface area contributed by atoms with E-state index in [2.05, 4.69) is 0 Å². The highest BCUT2D eigenvalue weighted by molar-refractivity contribution is 7.89. The van der Waals surface area contributed by atoms with Crippen molar-refractivity contribution in [3.05, 3.63) is 59.7 Å². The van der Waals surface area contributed by atoms with Gasteiger partial charge in [-0.25, -0.2) is 22.7 Å². The number of nitrogens with zero attached hydrogens (tertiary/aromatic N) is 1. The van der Waals surface area contributed by atoms with Crippen molar-refractivity contribution in [3.8, 4) is 5.75 Å². The highest BCUT2D eigenvalue weighted by atomic mass is 32.2. The van der Waals surface area contributed by atoms with E-state index in [4.69, 9.17) is 9.94 Å². The molecule has 0 bridgehead atoms. The van der Waals surface area contributed by atoms with Crippen LogP contribution in [0.25, 0.3) is 0 Å². The zero-order chi connectivity index (χ0) is 22.8. The van der Waals surface area contributed by atoms with E-state index in [0.717, 1.165) is 22.5 Å². The minimum absolute atomic E-state index is 0.114. The van der Waals surface area contributed by atoms with E-state index in [0.29, 0.717) is 0 Å². The van der Waals surface area contributed by atoms with Crippen LogP contribution >= 0.6 is 0 Å². The topological polar surface area (TPSA) is 116 Å². The standard InChI is InChI=1S/C20H22F2N2O6S/c1-20(26)6-7-24(18(11-20)19(25)23-27)31(28,29)17-4-2-16(3-5-17)30-12-13-8-14(21)10-15(22)9-13/h2-5,8-10,18,26-27H,6-7,11-12H2,1H3,(H,23,25)/t18-,20-/m1/s1. The average molecular weight is 456 g/mol. The van der Waals surface area contributed by atoms with Gasteiger partial charge in [0.05, 0.1) is 10.5 Å². The van der Waals surface area contributed by atoms with Crippen molar-refractivity contribution in [1.82, 2.24) is 9.79 Å². The number of hydrogen-bond donors (Lipinski definition) is 3. The van der Waals surface area contributed by atoms with Gasteiger partial charge >= 0.3 is 0 Å². The van der Waals surface area contributed by atoms with Crippen LogP contribution in [0.15, 0.2) is 47.4 Å². The van der Waals surface area contributed by atoms with Crippen LogP contribution in [0.3, 0.4) is 0 Å². The molecule has 1 amide bonds. The zero-order valence-electron chi connectivity index (χ0n) is 16.6. The first-order chi connectivity index (χ1) is 14.5. The van der Waals surface area contributed by atoms with Crippen LogP contribution in [0.4, 0.5) is 8.78 Å². The van der Waals surface area contributed by atoms with Crippen LogP contribution in [0.2, 0.25) is 0 Å². The summed E-state index contributed by atoms with van der Waals surface area (Å²) in [4.78, 5) is 11.9. The number of rotatable bonds is 6. The summed E-state index contributed by atoms with van der Waals surface area (Å²) < 4.78 is 59.0. The van der Waals surface area contributed by atoms with Crippen LogP contribution in [-0.2, 0) is 21.4 Å². The molecule has 0 spiro atoms. The second-order valence-corrected chi connectivity index (χ2v) is 9.49. The van der Waals surface area contributed by atoms with Crippen molar-refractivity contribution in [3.63, 3.8) is 0 Å². The number of nitrogens with one attached hydrogen (secondary N) is 1. The molecule has 3 rings (SSSR count).